The Kier molecular flexibility index (Phi) is 3.69. The highest BCUT2D eigenvalue weighted by Crippen LogP contribution is 2.25. The van der Waals surface area contributed by atoms with Crippen LogP contribution in [0, 0.1) is 6.92 Å². The number of nitrogens with zero attached hydrogens (tertiary/aromatic N) is 4. The van der Waals surface area contributed by atoms with Crippen LogP contribution in [0.2, 0.25) is 5.02 Å². The van der Waals surface area contributed by atoms with E-state index in [1.807, 2.05) is 0 Å². The monoisotopic (exact) mass is 310 g/mol. The van der Waals surface area contributed by atoms with Crippen LogP contribution < -0.4 is 0 Å². The Morgan fingerprint density at radius 3 is 2.95 bits per heavy atom. The zero-order valence-corrected chi connectivity index (χ0v) is 12.5. The maximum Gasteiger partial charge on any atom is 0.271 e. The van der Waals surface area contributed by atoms with E-state index in [9.17, 15) is 4.79 Å². The molecule has 1 aliphatic rings. The largest absolute Gasteiger partial charge is 0.377 e. The van der Waals surface area contributed by atoms with Gasteiger partial charge in [-0.1, -0.05) is 16.8 Å². The molecule has 21 heavy (non-hydrogen) atoms. The maximum absolute atomic E-state index is 12.7. The normalized spacial score (nSPS) is 19.0. The minimum Gasteiger partial charge on any atom is -0.377 e. The van der Waals surface area contributed by atoms with Gasteiger partial charge in [0.05, 0.1) is 18.2 Å². The fourth-order valence-corrected chi connectivity index (χ4v) is 2.63. The van der Waals surface area contributed by atoms with Crippen LogP contribution in [0.1, 0.15) is 28.2 Å². The number of amides is 1. The van der Waals surface area contributed by atoms with Crippen LogP contribution in [0.5, 0.6) is 0 Å². The summed E-state index contributed by atoms with van der Waals surface area (Å²) in [5, 5.41) is 4.30. The van der Waals surface area contributed by atoms with E-state index in [0.29, 0.717) is 42.2 Å². The van der Waals surface area contributed by atoms with Crippen LogP contribution in [0.15, 0.2) is 16.8 Å². The molecule has 0 radical (unpaired) electrons. The van der Waals surface area contributed by atoms with E-state index < -0.39 is 0 Å². The standard InChI is InChI=1S/C13H15ClN4O3/c1-8-15-12(21-16-8)11-7-20-4-3-18(11)13(19)10-5-9(14)6-17(10)2/h5-6,11H,3-4,7H2,1-2H3/t11-/m1/s1. The number of carbonyl (C=O) groups is 1. The Morgan fingerprint density at radius 2 is 2.33 bits per heavy atom. The van der Waals surface area contributed by atoms with E-state index in [-0.39, 0.29) is 11.9 Å². The summed E-state index contributed by atoms with van der Waals surface area (Å²) in [4.78, 5) is 18.6. The number of hydrogen-bond acceptors (Lipinski definition) is 5. The third-order valence-corrected chi connectivity index (χ3v) is 3.62. The molecule has 0 unspecified atom stereocenters. The quantitative estimate of drug-likeness (QED) is 0.842. The van der Waals surface area contributed by atoms with Gasteiger partial charge in [0.1, 0.15) is 11.7 Å². The minimum absolute atomic E-state index is 0.131. The Balaban J connectivity index is 1.90. The lowest BCUT2D eigenvalue weighted by Gasteiger charge is -2.33. The van der Waals surface area contributed by atoms with Crippen molar-refractivity contribution in [3.8, 4) is 0 Å². The molecular weight excluding hydrogens is 296 g/mol. The lowest BCUT2D eigenvalue weighted by molar-refractivity contribution is -0.0123. The summed E-state index contributed by atoms with van der Waals surface area (Å²) in [7, 11) is 1.78. The molecule has 0 N–H and O–H groups in total. The Hall–Kier alpha value is -1.86. The fraction of sp³-hybridized carbons (Fsp3) is 0.462. The van der Waals surface area contributed by atoms with Crippen LogP contribution in [0.25, 0.3) is 0 Å². The first kappa shape index (κ1) is 14.1. The average molecular weight is 311 g/mol. The average Bonchev–Trinajstić information content (AvgIpc) is 3.04. The van der Waals surface area contributed by atoms with E-state index in [0.717, 1.165) is 0 Å². The molecule has 0 bridgehead atoms. The molecule has 1 amide bonds. The summed E-state index contributed by atoms with van der Waals surface area (Å²) in [6, 6.07) is 1.27. The number of hydrogen-bond donors (Lipinski definition) is 0. The SMILES string of the molecule is Cc1noc([C@H]2COCCN2C(=O)c2cc(Cl)cn2C)n1. The van der Waals surface area contributed by atoms with Crippen molar-refractivity contribution in [1.29, 1.82) is 0 Å². The maximum atomic E-state index is 12.7. The summed E-state index contributed by atoms with van der Waals surface area (Å²) in [5.74, 6) is 0.791. The Morgan fingerprint density at radius 1 is 1.52 bits per heavy atom. The number of ether oxygens (including phenoxy) is 1. The molecule has 8 heteroatoms. The van der Waals surface area contributed by atoms with Crippen LogP contribution in [0.3, 0.4) is 0 Å². The molecule has 0 spiro atoms. The molecule has 2 aromatic rings. The number of halogens is 1. The van der Waals surface area contributed by atoms with Crippen LogP contribution in [-0.2, 0) is 11.8 Å². The van der Waals surface area contributed by atoms with E-state index in [4.69, 9.17) is 20.9 Å². The second-order valence-electron chi connectivity index (χ2n) is 4.92. The van der Waals surface area contributed by atoms with Crippen molar-refractivity contribution in [3.05, 3.63) is 34.7 Å². The third-order valence-electron chi connectivity index (χ3n) is 3.41. The number of rotatable bonds is 2. The van der Waals surface area contributed by atoms with Crippen LogP contribution in [-0.4, -0.2) is 45.3 Å². The number of aryl methyl sites for hydroxylation is 2. The van der Waals surface area contributed by atoms with Gasteiger partial charge in [-0.3, -0.25) is 4.79 Å². The van der Waals surface area contributed by atoms with Gasteiger partial charge in [0.15, 0.2) is 5.82 Å². The first-order valence-corrected chi connectivity index (χ1v) is 6.95. The van der Waals surface area contributed by atoms with Crippen LogP contribution >= 0.6 is 11.6 Å². The predicted octanol–water partition coefficient (Wildman–Crippen LogP) is 1.58. The van der Waals surface area contributed by atoms with Gasteiger partial charge in [-0.25, -0.2) is 0 Å². The highest BCUT2D eigenvalue weighted by atomic mass is 35.5. The molecule has 1 fully saturated rings. The van der Waals surface area contributed by atoms with Gasteiger partial charge in [0.25, 0.3) is 11.8 Å². The van der Waals surface area contributed by atoms with Crippen molar-refractivity contribution in [2.24, 2.45) is 7.05 Å². The molecule has 1 atom stereocenters. The Labute approximate surface area is 126 Å². The third kappa shape index (κ3) is 2.66. The second kappa shape index (κ2) is 5.50. The van der Waals surface area contributed by atoms with E-state index in [1.165, 1.54) is 0 Å². The van der Waals surface area contributed by atoms with Crippen molar-refractivity contribution < 1.29 is 14.1 Å². The lowest BCUT2D eigenvalue weighted by atomic mass is 10.2. The smallest absolute Gasteiger partial charge is 0.271 e. The molecular formula is C13H15ClN4O3. The number of carbonyl (C=O) groups excluding carboxylic acids is 1. The van der Waals surface area contributed by atoms with Crippen LogP contribution in [0.4, 0.5) is 0 Å². The highest BCUT2D eigenvalue weighted by Gasteiger charge is 2.34. The highest BCUT2D eigenvalue weighted by molar-refractivity contribution is 6.31. The molecule has 3 heterocycles. The molecule has 1 aliphatic heterocycles. The van der Waals surface area contributed by atoms with Gasteiger partial charge in [-0.05, 0) is 13.0 Å². The molecule has 1 saturated heterocycles. The fourth-order valence-electron chi connectivity index (χ4n) is 2.38. The van der Waals surface area contributed by atoms with E-state index >= 15 is 0 Å². The molecule has 0 saturated carbocycles. The summed E-state index contributed by atoms with van der Waals surface area (Å²) in [5.41, 5.74) is 0.517. The number of aromatic nitrogens is 3. The van der Waals surface area contributed by atoms with E-state index in [1.54, 1.807) is 35.7 Å². The Bertz CT molecular complexity index is 666. The molecule has 0 aromatic carbocycles. The lowest BCUT2D eigenvalue weighted by Crippen LogP contribution is -2.44. The van der Waals surface area contributed by atoms with Crippen molar-refractivity contribution >= 4 is 17.5 Å². The molecule has 2 aromatic heterocycles. The molecule has 7 nitrogen and oxygen atoms in total. The van der Waals surface area contributed by atoms with Gasteiger partial charge in [-0.2, -0.15) is 4.98 Å². The molecule has 112 valence electrons. The van der Waals surface area contributed by atoms with Gasteiger partial charge in [0, 0.05) is 19.8 Å². The summed E-state index contributed by atoms with van der Waals surface area (Å²) in [6.07, 6.45) is 1.70. The van der Waals surface area contributed by atoms with Gasteiger partial charge in [0.2, 0.25) is 0 Å². The van der Waals surface area contributed by atoms with Gasteiger partial charge >= 0.3 is 0 Å². The summed E-state index contributed by atoms with van der Waals surface area (Å²) >= 11 is 5.95. The van der Waals surface area contributed by atoms with Crippen molar-refractivity contribution in [1.82, 2.24) is 19.6 Å². The summed E-state index contributed by atoms with van der Waals surface area (Å²) < 4.78 is 12.3. The topological polar surface area (TPSA) is 73.4 Å². The van der Waals surface area contributed by atoms with E-state index in [2.05, 4.69) is 10.1 Å². The second-order valence-corrected chi connectivity index (χ2v) is 5.36. The molecule has 3 rings (SSSR count). The zero-order chi connectivity index (χ0) is 15.0. The predicted molar refractivity (Wildman–Crippen MR) is 74.1 cm³/mol. The van der Waals surface area contributed by atoms with Gasteiger partial charge in [-0.15, -0.1) is 0 Å². The minimum atomic E-state index is -0.374. The first-order valence-electron chi connectivity index (χ1n) is 6.57. The van der Waals surface area contributed by atoms with Crippen molar-refractivity contribution in [2.45, 2.75) is 13.0 Å². The van der Waals surface area contributed by atoms with Crippen molar-refractivity contribution in [2.75, 3.05) is 19.8 Å². The summed E-state index contributed by atoms with van der Waals surface area (Å²) in [6.45, 7) is 3.02. The van der Waals surface area contributed by atoms with Crippen molar-refractivity contribution in [3.63, 3.8) is 0 Å². The zero-order valence-electron chi connectivity index (χ0n) is 11.7. The van der Waals surface area contributed by atoms with Gasteiger partial charge < -0.3 is 18.7 Å². The first-order chi connectivity index (χ1) is 10.1. The number of morpholine rings is 1. The molecule has 0 aliphatic carbocycles.